The first-order valence-corrected chi connectivity index (χ1v) is 21.8. The first-order chi connectivity index (χ1) is 28.5. The first kappa shape index (κ1) is 45.6. The maximum atomic E-state index is 15.1. The average Bonchev–Trinajstić information content (AvgIpc) is 4.06. The molecule has 4 aliphatic rings. The number of nitrogens with zero attached hydrogens (tertiary/aromatic N) is 2. The molecule has 1 unspecified atom stereocenters. The summed E-state index contributed by atoms with van der Waals surface area (Å²) in [7, 11) is -1.44. The smallest absolute Gasteiger partial charge is 0.427 e. The van der Waals surface area contributed by atoms with Crippen LogP contribution in [0.4, 0.5) is 22.4 Å². The number of fused-ring (bicyclic) bond motifs is 3. The topological polar surface area (TPSA) is 192 Å². The van der Waals surface area contributed by atoms with Crippen molar-refractivity contribution < 1.29 is 64.1 Å². The molecule has 0 spiro atoms. The number of carbonyl (C=O) groups is 4. The lowest BCUT2D eigenvalue weighted by Crippen LogP contribution is -2.60. The van der Waals surface area contributed by atoms with Crippen LogP contribution in [0, 0.1) is 23.6 Å². The number of ether oxygens (including phenoxy) is 4. The summed E-state index contributed by atoms with van der Waals surface area (Å²) < 4.78 is 106. The van der Waals surface area contributed by atoms with Crippen molar-refractivity contribution in [3.63, 3.8) is 0 Å². The number of alkyl carbamates (subject to hydrolysis) is 1. The molecule has 6 rings (SSSR count). The number of methoxy groups -OCH3 is 2. The van der Waals surface area contributed by atoms with Crippen LogP contribution in [0.25, 0.3) is 10.8 Å². The SMILES string of the molecule is CC[C@@H]1C[C@@H](C)CCC=C[C@@H]2C[C@@]2(C(=O)NS(=O)(=O)C2(C)CC2)NC(=O)C2C[C@@H](Oc3ncc(OC)c4cc(OC)c(F)cc34)CN2C(=O)[C@H]1NC(=O)OC(C)(C)C(F)(F)F. The number of hydrogen-bond donors (Lipinski definition) is 3. The molecule has 2 aromatic rings. The van der Waals surface area contributed by atoms with Gasteiger partial charge in [-0.05, 0) is 83.3 Å². The molecular weight excluding hydrogens is 831 g/mol. The van der Waals surface area contributed by atoms with Crippen LogP contribution in [0.15, 0.2) is 30.5 Å². The van der Waals surface area contributed by atoms with E-state index in [1.165, 1.54) is 33.4 Å². The molecule has 0 bridgehead atoms. The molecule has 15 nitrogen and oxygen atoms in total. The third-order valence-corrected chi connectivity index (χ3v) is 14.7. The van der Waals surface area contributed by atoms with Crippen LogP contribution < -0.4 is 29.6 Å². The molecule has 0 radical (unpaired) electrons. The molecule has 20 heteroatoms. The van der Waals surface area contributed by atoms with Gasteiger partial charge in [-0.3, -0.25) is 19.1 Å². The second-order valence-electron chi connectivity index (χ2n) is 17.3. The van der Waals surface area contributed by atoms with Crippen LogP contribution in [0.1, 0.15) is 86.0 Å². The van der Waals surface area contributed by atoms with Crippen LogP contribution in [0.5, 0.6) is 17.4 Å². The van der Waals surface area contributed by atoms with Crippen molar-refractivity contribution >= 4 is 44.6 Å². The van der Waals surface area contributed by atoms with Gasteiger partial charge >= 0.3 is 12.3 Å². The number of pyridine rings is 1. The van der Waals surface area contributed by atoms with Gasteiger partial charge < -0.3 is 34.5 Å². The largest absolute Gasteiger partial charge is 0.494 e. The molecule has 1 aromatic carbocycles. The fraction of sp³-hybridized carbons (Fsp3) is 0.634. The van der Waals surface area contributed by atoms with Crippen molar-refractivity contribution in [2.24, 2.45) is 17.8 Å². The van der Waals surface area contributed by atoms with Crippen LogP contribution in [0.2, 0.25) is 0 Å². The minimum absolute atomic E-state index is 0.0587. The quantitative estimate of drug-likeness (QED) is 0.203. The maximum absolute atomic E-state index is 15.1. The summed E-state index contributed by atoms with van der Waals surface area (Å²) in [5.41, 5.74) is -4.62. The third-order valence-electron chi connectivity index (χ3n) is 12.5. The summed E-state index contributed by atoms with van der Waals surface area (Å²) in [6, 6.07) is -0.386. The van der Waals surface area contributed by atoms with Gasteiger partial charge in [0.1, 0.15) is 29.5 Å². The molecule has 3 heterocycles. The maximum Gasteiger partial charge on any atom is 0.427 e. The fourth-order valence-electron chi connectivity index (χ4n) is 8.02. The van der Waals surface area contributed by atoms with E-state index in [9.17, 15) is 40.8 Å². The number of halogens is 4. The Labute approximate surface area is 351 Å². The Kier molecular flexibility index (Phi) is 12.5. The predicted molar refractivity (Wildman–Crippen MR) is 212 cm³/mol. The van der Waals surface area contributed by atoms with E-state index in [2.05, 4.69) is 20.3 Å². The van der Waals surface area contributed by atoms with Crippen LogP contribution >= 0.6 is 0 Å². The number of hydrogen-bond acceptors (Lipinski definition) is 11. The Hall–Kier alpha value is -4.88. The van der Waals surface area contributed by atoms with Gasteiger partial charge in [-0.25, -0.2) is 22.6 Å². The Balaban J connectivity index is 1.39. The van der Waals surface area contributed by atoms with Gasteiger partial charge in [0.05, 0.1) is 37.1 Å². The van der Waals surface area contributed by atoms with E-state index >= 15 is 4.39 Å². The second-order valence-corrected chi connectivity index (χ2v) is 19.5. The molecule has 1 saturated heterocycles. The number of carbonyl (C=O) groups excluding carboxylic acids is 4. The predicted octanol–water partition coefficient (Wildman–Crippen LogP) is 5.45. The van der Waals surface area contributed by atoms with E-state index in [-0.39, 0.29) is 48.1 Å². The summed E-state index contributed by atoms with van der Waals surface area (Å²) in [6.07, 6.45) is -0.277. The first-order valence-electron chi connectivity index (χ1n) is 20.3. The zero-order valence-electron chi connectivity index (χ0n) is 35.1. The average molecular weight is 884 g/mol. The number of sulfonamides is 1. The lowest BCUT2D eigenvalue weighted by atomic mass is 9.85. The zero-order valence-corrected chi connectivity index (χ0v) is 35.9. The Morgan fingerprint density at radius 3 is 2.38 bits per heavy atom. The Morgan fingerprint density at radius 1 is 1.07 bits per heavy atom. The number of benzene rings is 1. The Morgan fingerprint density at radius 2 is 1.75 bits per heavy atom. The summed E-state index contributed by atoms with van der Waals surface area (Å²) in [4.78, 5) is 62.2. The lowest BCUT2D eigenvalue weighted by Gasteiger charge is -2.35. The van der Waals surface area contributed by atoms with Gasteiger partial charge in [-0.2, -0.15) is 13.2 Å². The van der Waals surface area contributed by atoms with Gasteiger partial charge in [0.15, 0.2) is 11.6 Å². The van der Waals surface area contributed by atoms with E-state index in [1.54, 1.807) is 13.0 Å². The summed E-state index contributed by atoms with van der Waals surface area (Å²) in [6.45, 7) is 6.23. The molecule has 61 heavy (non-hydrogen) atoms. The van der Waals surface area contributed by atoms with Crippen LogP contribution in [-0.4, -0.2) is 103 Å². The zero-order chi connectivity index (χ0) is 44.9. The number of nitrogens with one attached hydrogen (secondary N) is 3. The second kappa shape index (κ2) is 16.8. The minimum Gasteiger partial charge on any atom is -0.494 e. The molecule has 7 atom stereocenters. The number of alkyl halides is 3. The summed E-state index contributed by atoms with van der Waals surface area (Å²) in [5, 5.41) is 5.69. The summed E-state index contributed by atoms with van der Waals surface area (Å²) in [5.74, 6) is -4.59. The molecule has 1 aromatic heterocycles. The van der Waals surface area contributed by atoms with Crippen molar-refractivity contribution in [3.05, 3.63) is 36.3 Å². The van der Waals surface area contributed by atoms with Crippen molar-refractivity contribution in [3.8, 4) is 17.4 Å². The monoisotopic (exact) mass is 883 g/mol. The van der Waals surface area contributed by atoms with E-state index < -0.39 is 91.7 Å². The van der Waals surface area contributed by atoms with Gasteiger partial charge in [-0.1, -0.05) is 32.4 Å². The van der Waals surface area contributed by atoms with Crippen molar-refractivity contribution in [1.29, 1.82) is 0 Å². The minimum atomic E-state index is -4.95. The molecule has 2 saturated carbocycles. The lowest BCUT2D eigenvalue weighted by molar-refractivity contribution is -0.244. The Bertz CT molecular complexity index is 2200. The van der Waals surface area contributed by atoms with E-state index in [1.807, 2.05) is 13.0 Å². The molecule has 3 N–H and O–H groups in total. The molecule has 2 aliphatic heterocycles. The number of amides is 4. The van der Waals surface area contributed by atoms with E-state index in [4.69, 9.17) is 18.9 Å². The third kappa shape index (κ3) is 9.19. The highest BCUT2D eigenvalue weighted by atomic mass is 32.2. The van der Waals surface area contributed by atoms with E-state index in [0.29, 0.717) is 57.8 Å². The van der Waals surface area contributed by atoms with E-state index in [0.717, 1.165) is 11.0 Å². The number of rotatable bonds is 10. The van der Waals surface area contributed by atoms with Crippen molar-refractivity contribution in [2.75, 3.05) is 20.8 Å². The fourth-order valence-corrected chi connectivity index (χ4v) is 9.33. The summed E-state index contributed by atoms with van der Waals surface area (Å²) >= 11 is 0. The standard InChI is InChI=1S/C41H53F4N5O10S/c1-8-23-15-22(2)11-9-10-12-24-19-40(24,36(53)49-61(55,56)39(5)13-14-39)48-33(51)29-16-25(21-50(29)35(52)32(23)47-37(54)60-38(3,4)41(43,44)45)59-34-27-17-28(42)30(57-6)18-26(27)31(58-7)20-46-34/h10,12,17-18,20,22-25,29,32H,8-9,11,13-16,19,21H2,1-7H3,(H,47,54)(H,48,51)(H,49,53)/t22-,23+,24+,25+,29?,32-,40+/m0/s1. The molecule has 3 fully saturated rings. The van der Waals surface area contributed by atoms with Gasteiger partial charge in [-0.15, -0.1) is 0 Å². The number of aromatic nitrogens is 1. The highest BCUT2D eigenvalue weighted by Gasteiger charge is 2.63. The molecule has 336 valence electrons. The van der Waals surface area contributed by atoms with Crippen molar-refractivity contribution in [1.82, 2.24) is 25.2 Å². The van der Waals surface area contributed by atoms with Gasteiger partial charge in [0, 0.05) is 17.7 Å². The van der Waals surface area contributed by atoms with Crippen molar-refractivity contribution in [2.45, 2.75) is 126 Å². The normalized spacial score (nSPS) is 28.0. The molecule has 2 aliphatic carbocycles. The van der Waals surface area contributed by atoms with Crippen LogP contribution in [-0.2, 0) is 29.1 Å². The molecule has 4 amide bonds. The van der Waals surface area contributed by atoms with Gasteiger partial charge in [0.25, 0.3) is 5.91 Å². The van der Waals surface area contributed by atoms with Crippen LogP contribution in [0.3, 0.4) is 0 Å². The van der Waals surface area contributed by atoms with Gasteiger partial charge in [0.2, 0.25) is 33.3 Å². The highest BCUT2D eigenvalue weighted by Crippen LogP contribution is 2.48. The number of allylic oxidation sites excluding steroid dienone is 1. The highest BCUT2D eigenvalue weighted by molar-refractivity contribution is 7.91. The molecular formula is C41H53F4N5O10S.